The zero-order chi connectivity index (χ0) is 17.7. The lowest BCUT2D eigenvalue weighted by atomic mass is 9.91. The van der Waals surface area contributed by atoms with E-state index in [1.165, 1.54) is 11.0 Å². The number of rotatable bonds is 7. The lowest BCUT2D eigenvalue weighted by Crippen LogP contribution is -2.58. The fourth-order valence-electron chi connectivity index (χ4n) is 2.84. The van der Waals surface area contributed by atoms with Crippen molar-refractivity contribution in [1.29, 1.82) is 0 Å². The third-order valence-corrected chi connectivity index (χ3v) is 4.21. The van der Waals surface area contributed by atoms with Gasteiger partial charge in [-0.05, 0) is 44.6 Å². The van der Waals surface area contributed by atoms with Crippen molar-refractivity contribution in [3.05, 3.63) is 35.4 Å². The van der Waals surface area contributed by atoms with E-state index in [1.807, 2.05) is 19.0 Å². The van der Waals surface area contributed by atoms with Crippen molar-refractivity contribution in [2.45, 2.75) is 25.0 Å². The van der Waals surface area contributed by atoms with Crippen molar-refractivity contribution in [1.82, 2.24) is 15.1 Å². The molecule has 7 heteroatoms. The molecule has 1 aromatic rings. The molecule has 1 heterocycles. The highest BCUT2D eigenvalue weighted by Gasteiger charge is 2.41. The largest absolute Gasteiger partial charge is 0.379 e. The van der Waals surface area contributed by atoms with E-state index in [-0.39, 0.29) is 19.0 Å². The van der Waals surface area contributed by atoms with Crippen LogP contribution in [0.4, 0.5) is 8.78 Å². The molecule has 0 aliphatic carbocycles. The molecule has 1 saturated heterocycles. The molecule has 2 N–H and O–H groups in total. The van der Waals surface area contributed by atoms with Crippen LogP contribution in [0.5, 0.6) is 0 Å². The summed E-state index contributed by atoms with van der Waals surface area (Å²) in [4.78, 5) is 16.1. The third-order valence-electron chi connectivity index (χ3n) is 4.21. The van der Waals surface area contributed by atoms with Gasteiger partial charge >= 0.3 is 0 Å². The van der Waals surface area contributed by atoms with Crippen LogP contribution < -0.4 is 5.32 Å². The van der Waals surface area contributed by atoms with Gasteiger partial charge in [0.15, 0.2) is 17.2 Å². The number of hydrogen-bond acceptors (Lipinski definition) is 4. The fraction of sp³-hybridized carbons (Fsp3) is 0.588. The second kappa shape index (κ2) is 8.00. The van der Waals surface area contributed by atoms with E-state index in [1.54, 1.807) is 0 Å². The van der Waals surface area contributed by atoms with Crippen LogP contribution in [0, 0.1) is 11.6 Å². The van der Waals surface area contributed by atoms with Gasteiger partial charge in [-0.2, -0.15) is 0 Å². The quantitative estimate of drug-likeness (QED) is 0.726. The van der Waals surface area contributed by atoms with Crippen LogP contribution in [0.3, 0.4) is 0 Å². The van der Waals surface area contributed by atoms with Gasteiger partial charge in [0.2, 0.25) is 0 Å². The Balaban J connectivity index is 1.96. The zero-order valence-corrected chi connectivity index (χ0v) is 14.2. The van der Waals surface area contributed by atoms with Gasteiger partial charge in [-0.1, -0.05) is 6.07 Å². The van der Waals surface area contributed by atoms with Crippen LogP contribution in [-0.4, -0.2) is 66.7 Å². The molecule has 1 amide bonds. The molecule has 5 nitrogen and oxygen atoms in total. The molecule has 1 fully saturated rings. The van der Waals surface area contributed by atoms with E-state index in [2.05, 4.69) is 5.32 Å². The standard InChI is InChI=1S/C17H25F2N3O2/c1-21(2)9-7-20-12-17(24)6-3-8-22(16(17)23)11-13-4-5-14(18)15(19)10-13/h4-5,10,20,24H,3,6-9,11-12H2,1-2H3/t17-/m1/s1. The number of carbonyl (C=O) groups is 1. The Morgan fingerprint density at radius 1 is 1.33 bits per heavy atom. The van der Waals surface area contributed by atoms with Crippen molar-refractivity contribution >= 4 is 5.91 Å². The molecule has 0 spiro atoms. The van der Waals surface area contributed by atoms with E-state index < -0.39 is 17.2 Å². The number of benzene rings is 1. The third kappa shape index (κ3) is 4.72. The molecule has 2 rings (SSSR count). The van der Waals surface area contributed by atoms with Crippen LogP contribution in [0.15, 0.2) is 18.2 Å². The predicted octanol–water partition coefficient (Wildman–Crippen LogP) is 0.970. The highest BCUT2D eigenvalue weighted by molar-refractivity contribution is 5.86. The summed E-state index contributed by atoms with van der Waals surface area (Å²) >= 11 is 0. The lowest BCUT2D eigenvalue weighted by molar-refractivity contribution is -0.157. The Morgan fingerprint density at radius 3 is 2.75 bits per heavy atom. The Labute approximate surface area is 141 Å². The Bertz CT molecular complexity index is 583. The SMILES string of the molecule is CN(C)CCNC[C@]1(O)CCCN(Cc2ccc(F)c(F)c2)C1=O. The highest BCUT2D eigenvalue weighted by Crippen LogP contribution is 2.24. The van der Waals surface area contributed by atoms with E-state index in [4.69, 9.17) is 0 Å². The molecule has 1 aliphatic heterocycles. The minimum absolute atomic E-state index is 0.163. The number of likely N-dealkylation sites (tertiary alicyclic amines) is 1. The first kappa shape index (κ1) is 18.8. The van der Waals surface area contributed by atoms with Gasteiger partial charge in [0, 0.05) is 32.7 Å². The van der Waals surface area contributed by atoms with Crippen LogP contribution in [0.25, 0.3) is 0 Å². The Hall–Kier alpha value is -1.57. The van der Waals surface area contributed by atoms with E-state index in [9.17, 15) is 18.7 Å². The second-order valence-corrected chi connectivity index (χ2v) is 6.59. The summed E-state index contributed by atoms with van der Waals surface area (Å²) in [5.74, 6) is -2.21. The summed E-state index contributed by atoms with van der Waals surface area (Å²) in [6.07, 6.45) is 1.07. The summed E-state index contributed by atoms with van der Waals surface area (Å²) in [5, 5.41) is 13.8. The molecule has 1 atom stereocenters. The average Bonchev–Trinajstić information content (AvgIpc) is 2.52. The lowest BCUT2D eigenvalue weighted by Gasteiger charge is -2.38. The molecule has 1 aliphatic rings. The van der Waals surface area contributed by atoms with Crippen molar-refractivity contribution in [2.75, 3.05) is 40.3 Å². The van der Waals surface area contributed by atoms with E-state index >= 15 is 0 Å². The number of hydrogen-bond donors (Lipinski definition) is 2. The van der Waals surface area contributed by atoms with Gasteiger partial charge < -0.3 is 20.2 Å². The van der Waals surface area contributed by atoms with Crippen molar-refractivity contribution in [3.8, 4) is 0 Å². The van der Waals surface area contributed by atoms with Gasteiger partial charge in [0.25, 0.3) is 5.91 Å². The Kier molecular flexibility index (Phi) is 6.26. The summed E-state index contributed by atoms with van der Waals surface area (Å²) < 4.78 is 26.3. The minimum atomic E-state index is -1.44. The molecule has 0 aromatic heterocycles. The van der Waals surface area contributed by atoms with Crippen molar-refractivity contribution in [3.63, 3.8) is 0 Å². The summed E-state index contributed by atoms with van der Waals surface area (Å²) in [6, 6.07) is 3.59. The van der Waals surface area contributed by atoms with E-state index in [0.29, 0.717) is 31.5 Å². The number of amides is 1. The van der Waals surface area contributed by atoms with Gasteiger partial charge in [0.1, 0.15) is 0 Å². The van der Waals surface area contributed by atoms with Gasteiger partial charge in [-0.15, -0.1) is 0 Å². The van der Waals surface area contributed by atoms with Gasteiger partial charge in [0.05, 0.1) is 0 Å². The molecule has 1 aromatic carbocycles. The molecule has 134 valence electrons. The zero-order valence-electron chi connectivity index (χ0n) is 14.2. The first-order chi connectivity index (χ1) is 11.3. The molecule has 24 heavy (non-hydrogen) atoms. The van der Waals surface area contributed by atoms with Gasteiger partial charge in [-0.25, -0.2) is 8.78 Å². The molecular formula is C17H25F2N3O2. The normalized spacial score (nSPS) is 21.6. The number of piperidine rings is 1. The molecular weight excluding hydrogens is 316 g/mol. The number of nitrogens with one attached hydrogen (secondary N) is 1. The van der Waals surface area contributed by atoms with E-state index in [0.717, 1.165) is 18.7 Å². The summed E-state index contributed by atoms with van der Waals surface area (Å²) in [6.45, 7) is 2.33. The number of nitrogens with zero attached hydrogens (tertiary/aromatic N) is 2. The number of likely N-dealkylation sites (N-methyl/N-ethyl adjacent to an activating group) is 1. The summed E-state index contributed by atoms with van der Waals surface area (Å²) in [5.41, 5.74) is -0.935. The maximum atomic E-state index is 13.3. The smallest absolute Gasteiger partial charge is 0.256 e. The maximum Gasteiger partial charge on any atom is 0.256 e. The van der Waals surface area contributed by atoms with Crippen LogP contribution in [0.2, 0.25) is 0 Å². The van der Waals surface area contributed by atoms with Crippen molar-refractivity contribution < 1.29 is 18.7 Å². The van der Waals surface area contributed by atoms with Crippen LogP contribution in [-0.2, 0) is 11.3 Å². The van der Waals surface area contributed by atoms with Crippen LogP contribution >= 0.6 is 0 Å². The first-order valence-corrected chi connectivity index (χ1v) is 8.13. The number of aliphatic hydroxyl groups is 1. The molecule has 0 bridgehead atoms. The monoisotopic (exact) mass is 341 g/mol. The van der Waals surface area contributed by atoms with Crippen LogP contribution in [0.1, 0.15) is 18.4 Å². The molecule has 0 saturated carbocycles. The topological polar surface area (TPSA) is 55.8 Å². The summed E-state index contributed by atoms with van der Waals surface area (Å²) in [7, 11) is 3.90. The average molecular weight is 341 g/mol. The molecule has 0 unspecified atom stereocenters. The number of carbonyl (C=O) groups excluding carboxylic acids is 1. The van der Waals surface area contributed by atoms with Crippen molar-refractivity contribution in [2.24, 2.45) is 0 Å². The maximum absolute atomic E-state index is 13.3. The Morgan fingerprint density at radius 2 is 2.08 bits per heavy atom. The minimum Gasteiger partial charge on any atom is -0.379 e. The van der Waals surface area contributed by atoms with Gasteiger partial charge in [-0.3, -0.25) is 4.79 Å². The second-order valence-electron chi connectivity index (χ2n) is 6.59. The highest BCUT2D eigenvalue weighted by atomic mass is 19.2. The predicted molar refractivity (Wildman–Crippen MR) is 87.4 cm³/mol. The first-order valence-electron chi connectivity index (χ1n) is 8.13. The fourth-order valence-corrected chi connectivity index (χ4v) is 2.84. The number of halogens is 2. The molecule has 0 radical (unpaired) electrons.